The van der Waals surface area contributed by atoms with Crippen molar-refractivity contribution in [3.05, 3.63) is 65.2 Å². The highest BCUT2D eigenvalue weighted by atomic mass is 32.2. The maximum absolute atomic E-state index is 12.2. The van der Waals surface area contributed by atoms with Gasteiger partial charge in [-0.25, -0.2) is 17.9 Å². The van der Waals surface area contributed by atoms with Crippen LogP contribution in [0.5, 0.6) is 0 Å². The van der Waals surface area contributed by atoms with Gasteiger partial charge in [-0.2, -0.15) is 0 Å². The molecule has 0 spiro atoms. The molecule has 0 unspecified atom stereocenters. The Labute approximate surface area is 136 Å². The van der Waals surface area contributed by atoms with E-state index in [-0.39, 0.29) is 4.90 Å². The minimum atomic E-state index is -3.59. The lowest BCUT2D eigenvalue weighted by Gasteiger charge is -2.09. The van der Waals surface area contributed by atoms with Crippen molar-refractivity contribution in [2.24, 2.45) is 0 Å². The molecule has 122 valence electrons. The van der Waals surface area contributed by atoms with E-state index >= 15 is 0 Å². The molecule has 2 aromatic carbocycles. The van der Waals surface area contributed by atoms with Crippen LogP contribution in [0.3, 0.4) is 0 Å². The van der Waals surface area contributed by atoms with Gasteiger partial charge in [0.05, 0.1) is 17.6 Å². The number of sulfonamides is 1. The molecule has 0 heterocycles. The molecule has 0 fully saturated rings. The monoisotopic (exact) mass is 333 g/mol. The Balaban J connectivity index is 2.01. The number of carbonyl (C=O) groups is 1. The number of hydrogen-bond acceptors (Lipinski definition) is 4. The molecule has 0 radical (unpaired) electrons. The number of nitrogens with one attached hydrogen (secondary N) is 1. The molecule has 6 heteroatoms. The quantitative estimate of drug-likeness (QED) is 0.823. The lowest BCUT2D eigenvalue weighted by Crippen LogP contribution is -2.26. The number of carbonyl (C=O) groups excluding carboxylic acids is 1. The van der Waals surface area contributed by atoms with Crippen LogP contribution in [0.2, 0.25) is 0 Å². The highest BCUT2D eigenvalue weighted by molar-refractivity contribution is 7.89. The molecule has 23 heavy (non-hydrogen) atoms. The van der Waals surface area contributed by atoms with E-state index in [1.165, 1.54) is 31.4 Å². The first kappa shape index (κ1) is 17.2. The Hall–Kier alpha value is -2.18. The molecule has 2 aromatic rings. The molecule has 1 N–H and O–H groups in total. The van der Waals surface area contributed by atoms with Crippen molar-refractivity contribution in [3.63, 3.8) is 0 Å². The molecule has 0 amide bonds. The third kappa shape index (κ3) is 4.40. The van der Waals surface area contributed by atoms with Crippen molar-refractivity contribution in [2.75, 3.05) is 13.7 Å². The third-order valence-electron chi connectivity index (χ3n) is 3.53. The number of esters is 1. The normalized spacial score (nSPS) is 11.2. The third-order valence-corrected chi connectivity index (χ3v) is 5.01. The molecule has 0 aliphatic rings. The Kier molecular flexibility index (Phi) is 5.52. The number of benzene rings is 2. The largest absolute Gasteiger partial charge is 0.465 e. The first-order valence-electron chi connectivity index (χ1n) is 7.16. The minimum absolute atomic E-state index is 0.120. The van der Waals surface area contributed by atoms with Gasteiger partial charge in [-0.3, -0.25) is 0 Å². The lowest BCUT2D eigenvalue weighted by molar-refractivity contribution is 0.0600. The molecule has 2 rings (SSSR count). The Morgan fingerprint density at radius 2 is 1.74 bits per heavy atom. The predicted octanol–water partition coefficient (Wildman–Crippen LogP) is 2.30. The van der Waals surface area contributed by atoms with Gasteiger partial charge < -0.3 is 4.74 Å². The van der Waals surface area contributed by atoms with Crippen LogP contribution >= 0.6 is 0 Å². The van der Waals surface area contributed by atoms with E-state index in [9.17, 15) is 13.2 Å². The topological polar surface area (TPSA) is 72.5 Å². The average molecular weight is 333 g/mol. The maximum Gasteiger partial charge on any atom is 0.337 e. The second kappa shape index (κ2) is 7.39. The SMILES string of the molecule is COC(=O)c1ccc(S(=O)(=O)NCCc2ccccc2C)cc1. The molecule has 0 atom stereocenters. The van der Waals surface area contributed by atoms with Gasteiger partial charge in [0.25, 0.3) is 0 Å². The van der Waals surface area contributed by atoms with Gasteiger partial charge >= 0.3 is 5.97 Å². The molecular weight excluding hydrogens is 314 g/mol. The highest BCUT2D eigenvalue weighted by Gasteiger charge is 2.14. The van der Waals surface area contributed by atoms with Crippen LogP contribution in [0.15, 0.2) is 53.4 Å². The summed E-state index contributed by atoms with van der Waals surface area (Å²) in [7, 11) is -2.32. The van der Waals surface area contributed by atoms with Gasteiger partial charge in [-0.15, -0.1) is 0 Å². The summed E-state index contributed by atoms with van der Waals surface area (Å²) in [4.78, 5) is 11.5. The summed E-state index contributed by atoms with van der Waals surface area (Å²) < 4.78 is 31.6. The number of methoxy groups -OCH3 is 1. The van der Waals surface area contributed by atoms with Crippen LogP contribution in [0.4, 0.5) is 0 Å². The van der Waals surface area contributed by atoms with E-state index in [2.05, 4.69) is 9.46 Å². The second-order valence-electron chi connectivity index (χ2n) is 5.09. The number of ether oxygens (including phenoxy) is 1. The van der Waals surface area contributed by atoms with Gasteiger partial charge in [0.1, 0.15) is 0 Å². The first-order chi connectivity index (χ1) is 10.9. The summed E-state index contributed by atoms with van der Waals surface area (Å²) in [5.41, 5.74) is 2.55. The molecule has 0 saturated carbocycles. The molecule has 5 nitrogen and oxygen atoms in total. The summed E-state index contributed by atoms with van der Waals surface area (Å²) in [6, 6.07) is 13.5. The zero-order valence-electron chi connectivity index (χ0n) is 13.1. The van der Waals surface area contributed by atoms with Crippen molar-refractivity contribution < 1.29 is 17.9 Å². The maximum atomic E-state index is 12.2. The van der Waals surface area contributed by atoms with Gasteiger partial charge in [-0.1, -0.05) is 24.3 Å². The standard InChI is InChI=1S/C17H19NO4S/c1-13-5-3-4-6-14(13)11-12-18-23(20,21)16-9-7-15(8-10-16)17(19)22-2/h3-10,18H,11-12H2,1-2H3. The van der Waals surface area contributed by atoms with E-state index in [1.807, 2.05) is 31.2 Å². The van der Waals surface area contributed by atoms with Gasteiger partial charge in [0.2, 0.25) is 10.0 Å². The first-order valence-corrected chi connectivity index (χ1v) is 8.65. The smallest absolute Gasteiger partial charge is 0.337 e. The molecule has 0 aliphatic heterocycles. The second-order valence-corrected chi connectivity index (χ2v) is 6.86. The fraction of sp³-hybridized carbons (Fsp3) is 0.235. The summed E-state index contributed by atoms with van der Waals surface area (Å²) in [5, 5.41) is 0. The van der Waals surface area contributed by atoms with Crippen LogP contribution < -0.4 is 4.72 Å². The van der Waals surface area contributed by atoms with E-state index in [1.54, 1.807) is 0 Å². The Morgan fingerprint density at radius 3 is 2.35 bits per heavy atom. The van der Waals surface area contributed by atoms with Crippen molar-refractivity contribution in [1.82, 2.24) is 4.72 Å². The summed E-state index contributed by atoms with van der Waals surface area (Å²) in [6.07, 6.45) is 0.617. The summed E-state index contributed by atoms with van der Waals surface area (Å²) in [5.74, 6) is -0.499. The fourth-order valence-electron chi connectivity index (χ4n) is 2.18. The molecule has 0 aromatic heterocycles. The molecule has 0 saturated heterocycles. The molecule has 0 aliphatic carbocycles. The van der Waals surface area contributed by atoms with Gasteiger partial charge in [0.15, 0.2) is 0 Å². The van der Waals surface area contributed by atoms with Crippen molar-refractivity contribution in [1.29, 1.82) is 0 Å². The van der Waals surface area contributed by atoms with Crippen molar-refractivity contribution >= 4 is 16.0 Å². The Morgan fingerprint density at radius 1 is 1.09 bits per heavy atom. The van der Waals surface area contributed by atoms with Crippen molar-refractivity contribution in [2.45, 2.75) is 18.2 Å². The zero-order chi connectivity index (χ0) is 16.9. The lowest BCUT2D eigenvalue weighted by atomic mass is 10.1. The van der Waals surface area contributed by atoms with Gasteiger partial charge in [-0.05, 0) is 48.7 Å². The van der Waals surface area contributed by atoms with Crippen LogP contribution in [0.25, 0.3) is 0 Å². The number of rotatable bonds is 6. The predicted molar refractivity (Wildman–Crippen MR) is 87.9 cm³/mol. The van der Waals surface area contributed by atoms with Crippen molar-refractivity contribution in [3.8, 4) is 0 Å². The highest BCUT2D eigenvalue weighted by Crippen LogP contribution is 2.12. The summed E-state index contributed by atoms with van der Waals surface area (Å²) in [6.45, 7) is 2.31. The zero-order valence-corrected chi connectivity index (χ0v) is 13.9. The Bertz CT molecular complexity index is 782. The van der Waals surface area contributed by atoms with Crippen LogP contribution in [-0.4, -0.2) is 28.0 Å². The molecular formula is C17H19NO4S. The van der Waals surface area contributed by atoms with E-state index in [0.29, 0.717) is 18.5 Å². The minimum Gasteiger partial charge on any atom is -0.465 e. The van der Waals surface area contributed by atoms with Crippen LogP contribution in [0, 0.1) is 6.92 Å². The van der Waals surface area contributed by atoms with Gasteiger partial charge in [0, 0.05) is 6.54 Å². The van der Waals surface area contributed by atoms with E-state index in [0.717, 1.165) is 11.1 Å². The summed E-state index contributed by atoms with van der Waals surface area (Å²) >= 11 is 0. The number of hydrogen-bond donors (Lipinski definition) is 1. The number of aryl methyl sites for hydroxylation is 1. The average Bonchev–Trinajstić information content (AvgIpc) is 2.56. The fourth-order valence-corrected chi connectivity index (χ4v) is 3.21. The van der Waals surface area contributed by atoms with E-state index in [4.69, 9.17) is 0 Å². The van der Waals surface area contributed by atoms with Crippen LogP contribution in [-0.2, 0) is 21.2 Å². The molecule has 0 bridgehead atoms. The van der Waals surface area contributed by atoms with E-state index < -0.39 is 16.0 Å². The van der Waals surface area contributed by atoms with Crippen LogP contribution in [0.1, 0.15) is 21.5 Å².